The van der Waals surface area contributed by atoms with E-state index in [1.54, 1.807) is 11.4 Å². The summed E-state index contributed by atoms with van der Waals surface area (Å²) in [6.07, 6.45) is -1.54. The van der Waals surface area contributed by atoms with Crippen LogP contribution in [0.25, 0.3) is 0 Å². The van der Waals surface area contributed by atoms with Gasteiger partial charge in [0.1, 0.15) is 6.04 Å². The zero-order chi connectivity index (χ0) is 12.1. The monoisotopic (exact) mass is 245 g/mol. The van der Waals surface area contributed by atoms with E-state index in [4.69, 9.17) is 20.7 Å². The Morgan fingerprint density at radius 3 is 2.56 bits per heavy atom. The fourth-order valence-electron chi connectivity index (χ4n) is 1.02. The summed E-state index contributed by atoms with van der Waals surface area (Å²) < 4.78 is 4.97. The Balaban J connectivity index is 2.58. The van der Waals surface area contributed by atoms with Crippen molar-refractivity contribution in [2.45, 2.75) is 18.8 Å². The van der Waals surface area contributed by atoms with Gasteiger partial charge >= 0.3 is 11.9 Å². The molecule has 1 aromatic rings. The van der Waals surface area contributed by atoms with E-state index in [0.29, 0.717) is 0 Å². The summed E-state index contributed by atoms with van der Waals surface area (Å²) in [6.45, 7) is 0.0292. The molecule has 0 aliphatic heterocycles. The molecule has 16 heavy (non-hydrogen) atoms. The van der Waals surface area contributed by atoms with E-state index in [2.05, 4.69) is 0 Å². The van der Waals surface area contributed by atoms with Crippen LogP contribution in [0.2, 0.25) is 0 Å². The lowest BCUT2D eigenvalue weighted by molar-refractivity contribution is -0.159. The van der Waals surface area contributed by atoms with E-state index in [1.807, 2.05) is 5.38 Å². The third kappa shape index (κ3) is 3.30. The maximum absolute atomic E-state index is 10.7. The lowest BCUT2D eigenvalue weighted by Crippen LogP contribution is -2.47. The summed E-state index contributed by atoms with van der Waals surface area (Å²) in [7, 11) is 0. The molecule has 0 unspecified atom stereocenters. The van der Waals surface area contributed by atoms with Gasteiger partial charge in [0.2, 0.25) is 0 Å². The van der Waals surface area contributed by atoms with Gasteiger partial charge in [-0.3, -0.25) is 4.79 Å². The normalized spacial score (nSPS) is 14.3. The van der Waals surface area contributed by atoms with E-state index in [9.17, 15) is 9.59 Å². The number of thiophene rings is 1. The maximum atomic E-state index is 10.7. The van der Waals surface area contributed by atoms with E-state index in [1.165, 1.54) is 11.3 Å². The number of carboxylic acid groups (broad SMARTS) is 2. The van der Waals surface area contributed by atoms with Gasteiger partial charge in [-0.1, -0.05) is 0 Å². The Morgan fingerprint density at radius 1 is 1.44 bits per heavy atom. The van der Waals surface area contributed by atoms with Crippen LogP contribution in [0.5, 0.6) is 0 Å². The molecule has 0 amide bonds. The van der Waals surface area contributed by atoms with Crippen LogP contribution in [0.15, 0.2) is 16.8 Å². The average molecular weight is 245 g/mol. The Kier molecular flexibility index (Phi) is 4.41. The molecule has 1 aromatic heterocycles. The second-order valence-electron chi connectivity index (χ2n) is 3.07. The van der Waals surface area contributed by atoms with Gasteiger partial charge in [-0.05, 0) is 22.4 Å². The molecule has 0 saturated carbocycles. The summed E-state index contributed by atoms with van der Waals surface area (Å²) in [5.41, 5.74) is 5.98. The predicted octanol–water partition coefficient (Wildman–Crippen LogP) is 0.130. The van der Waals surface area contributed by atoms with Crippen molar-refractivity contribution < 1.29 is 24.5 Å². The lowest BCUT2D eigenvalue weighted by atomic mass is 10.2. The molecular formula is C9H11NO5S. The summed E-state index contributed by atoms with van der Waals surface area (Å²) in [4.78, 5) is 21.3. The molecule has 0 aromatic carbocycles. The molecule has 2 atom stereocenters. The van der Waals surface area contributed by atoms with Gasteiger partial charge in [0.15, 0.2) is 6.10 Å². The first-order chi connectivity index (χ1) is 7.52. The van der Waals surface area contributed by atoms with E-state index in [0.717, 1.165) is 5.56 Å². The molecule has 7 heteroatoms. The molecule has 0 saturated heterocycles. The van der Waals surface area contributed by atoms with Crippen LogP contribution in [0, 0.1) is 0 Å². The van der Waals surface area contributed by atoms with E-state index in [-0.39, 0.29) is 6.61 Å². The van der Waals surface area contributed by atoms with Crippen molar-refractivity contribution in [2.75, 3.05) is 0 Å². The molecule has 4 N–H and O–H groups in total. The predicted molar refractivity (Wildman–Crippen MR) is 56.1 cm³/mol. The van der Waals surface area contributed by atoms with Crippen molar-refractivity contribution in [2.24, 2.45) is 5.73 Å². The smallest absolute Gasteiger partial charge is 0.335 e. The number of carbonyl (C=O) groups is 2. The summed E-state index contributed by atoms with van der Waals surface area (Å²) in [5.74, 6) is -2.79. The van der Waals surface area contributed by atoms with Gasteiger partial charge in [-0.15, -0.1) is 0 Å². The second kappa shape index (κ2) is 5.59. The minimum atomic E-state index is -1.57. The Labute approximate surface area is 95.3 Å². The molecule has 0 spiro atoms. The summed E-state index contributed by atoms with van der Waals surface area (Å²) >= 11 is 1.44. The first-order valence-corrected chi connectivity index (χ1v) is 5.30. The third-order valence-corrected chi connectivity index (χ3v) is 2.60. The van der Waals surface area contributed by atoms with Crippen LogP contribution in [0.1, 0.15) is 5.56 Å². The highest BCUT2D eigenvalue weighted by Gasteiger charge is 2.31. The van der Waals surface area contributed by atoms with Crippen LogP contribution in [-0.4, -0.2) is 34.3 Å². The minimum absolute atomic E-state index is 0.0292. The number of nitrogens with two attached hydrogens (primary N) is 1. The van der Waals surface area contributed by atoms with Crippen molar-refractivity contribution in [3.63, 3.8) is 0 Å². The Bertz CT molecular complexity index is 364. The molecule has 6 nitrogen and oxygen atoms in total. The molecule has 1 heterocycles. The number of rotatable bonds is 6. The zero-order valence-corrected chi connectivity index (χ0v) is 9.02. The van der Waals surface area contributed by atoms with Crippen molar-refractivity contribution in [1.29, 1.82) is 0 Å². The van der Waals surface area contributed by atoms with Gasteiger partial charge in [0.25, 0.3) is 0 Å². The molecule has 0 radical (unpaired) electrons. The van der Waals surface area contributed by atoms with Crippen LogP contribution >= 0.6 is 11.3 Å². The fraction of sp³-hybridized carbons (Fsp3) is 0.333. The van der Waals surface area contributed by atoms with Gasteiger partial charge in [0.05, 0.1) is 6.61 Å². The first-order valence-electron chi connectivity index (χ1n) is 4.36. The highest BCUT2D eigenvalue weighted by molar-refractivity contribution is 7.07. The Morgan fingerprint density at radius 2 is 2.12 bits per heavy atom. The first kappa shape index (κ1) is 12.6. The number of hydrogen-bond acceptors (Lipinski definition) is 5. The number of aliphatic carboxylic acids is 2. The standard InChI is InChI=1S/C9H11NO5S/c10-6(8(11)12)7(9(13)14)15-3-5-1-2-16-4-5/h1-2,4,6-7H,3,10H2,(H,11,12)(H,13,14)/t6-,7+/m1/s1. The molecular weight excluding hydrogens is 234 g/mol. The number of ether oxygens (including phenoxy) is 1. The molecule has 0 aliphatic carbocycles. The largest absolute Gasteiger partial charge is 0.480 e. The van der Waals surface area contributed by atoms with E-state index >= 15 is 0 Å². The van der Waals surface area contributed by atoms with Crippen molar-refractivity contribution >= 4 is 23.3 Å². The van der Waals surface area contributed by atoms with Crippen LogP contribution in [0.4, 0.5) is 0 Å². The number of carboxylic acids is 2. The highest BCUT2D eigenvalue weighted by Crippen LogP contribution is 2.10. The highest BCUT2D eigenvalue weighted by atomic mass is 32.1. The summed E-state index contributed by atoms with van der Waals surface area (Å²) in [5, 5.41) is 20.9. The SMILES string of the molecule is N[C@@H](C(=O)O)[C@H](OCc1ccsc1)C(=O)O. The summed E-state index contributed by atoms with van der Waals surface area (Å²) in [6, 6.07) is 0.187. The van der Waals surface area contributed by atoms with Crippen molar-refractivity contribution in [3.05, 3.63) is 22.4 Å². The van der Waals surface area contributed by atoms with Gasteiger partial charge < -0.3 is 20.7 Å². The van der Waals surface area contributed by atoms with E-state index < -0.39 is 24.1 Å². The zero-order valence-electron chi connectivity index (χ0n) is 8.20. The van der Waals surface area contributed by atoms with Gasteiger partial charge in [-0.25, -0.2) is 4.79 Å². The molecule has 0 bridgehead atoms. The maximum Gasteiger partial charge on any atom is 0.335 e. The second-order valence-corrected chi connectivity index (χ2v) is 3.85. The molecule has 1 rings (SSSR count). The Hall–Kier alpha value is -1.44. The fourth-order valence-corrected chi connectivity index (χ4v) is 1.67. The van der Waals surface area contributed by atoms with Crippen molar-refractivity contribution in [1.82, 2.24) is 0 Å². The lowest BCUT2D eigenvalue weighted by Gasteiger charge is -2.16. The van der Waals surface area contributed by atoms with Gasteiger partial charge in [0, 0.05) is 0 Å². The van der Waals surface area contributed by atoms with Crippen LogP contribution in [0.3, 0.4) is 0 Å². The quantitative estimate of drug-likeness (QED) is 0.657. The average Bonchev–Trinajstić information content (AvgIpc) is 2.69. The third-order valence-electron chi connectivity index (χ3n) is 1.86. The van der Waals surface area contributed by atoms with Crippen LogP contribution in [-0.2, 0) is 20.9 Å². The molecule has 0 aliphatic rings. The molecule has 88 valence electrons. The molecule has 0 fully saturated rings. The number of hydrogen-bond donors (Lipinski definition) is 3. The van der Waals surface area contributed by atoms with Gasteiger partial charge in [-0.2, -0.15) is 11.3 Å². The van der Waals surface area contributed by atoms with Crippen molar-refractivity contribution in [3.8, 4) is 0 Å². The van der Waals surface area contributed by atoms with Crippen LogP contribution < -0.4 is 5.73 Å². The minimum Gasteiger partial charge on any atom is -0.480 e. The topological polar surface area (TPSA) is 110 Å².